The molecule has 0 bridgehead atoms. The molecule has 0 spiro atoms. The van der Waals surface area contributed by atoms with Crippen molar-refractivity contribution in [1.82, 2.24) is 5.32 Å². The predicted molar refractivity (Wildman–Crippen MR) is 75.5 cm³/mol. The van der Waals surface area contributed by atoms with E-state index in [-0.39, 0.29) is 17.7 Å². The summed E-state index contributed by atoms with van der Waals surface area (Å²) in [5.74, 6) is -1.76. The van der Waals surface area contributed by atoms with Gasteiger partial charge in [-0.3, -0.25) is 4.79 Å². The summed E-state index contributed by atoms with van der Waals surface area (Å²) in [6.07, 6.45) is 0.678. The lowest BCUT2D eigenvalue weighted by Gasteiger charge is -2.31. The minimum Gasteiger partial charge on any atom is -0.346 e. The van der Waals surface area contributed by atoms with Gasteiger partial charge in [-0.1, -0.05) is 13.8 Å². The van der Waals surface area contributed by atoms with Crippen molar-refractivity contribution in [1.29, 1.82) is 0 Å². The summed E-state index contributed by atoms with van der Waals surface area (Å²) in [6, 6.07) is 1.94. The monoisotopic (exact) mass is 284 g/mol. The SMILES string of the molecule is Cc1cc(C(=O)NC(C)(CN)CC(C)C)c(F)cc1F. The number of benzene rings is 1. The van der Waals surface area contributed by atoms with Gasteiger partial charge in [0.25, 0.3) is 5.91 Å². The van der Waals surface area contributed by atoms with Gasteiger partial charge in [-0.15, -0.1) is 0 Å². The summed E-state index contributed by atoms with van der Waals surface area (Å²) < 4.78 is 26.9. The maximum absolute atomic E-state index is 13.7. The quantitative estimate of drug-likeness (QED) is 0.873. The van der Waals surface area contributed by atoms with Crippen molar-refractivity contribution in [2.45, 2.75) is 39.7 Å². The zero-order valence-electron chi connectivity index (χ0n) is 12.4. The van der Waals surface area contributed by atoms with E-state index in [1.165, 1.54) is 13.0 Å². The zero-order valence-corrected chi connectivity index (χ0v) is 12.4. The van der Waals surface area contributed by atoms with Crippen LogP contribution in [0.4, 0.5) is 8.78 Å². The lowest BCUT2D eigenvalue weighted by molar-refractivity contribution is 0.0894. The first-order chi connectivity index (χ1) is 9.18. The molecule has 112 valence electrons. The minimum absolute atomic E-state index is 0.160. The van der Waals surface area contributed by atoms with Crippen LogP contribution in [0.25, 0.3) is 0 Å². The van der Waals surface area contributed by atoms with Gasteiger partial charge in [0, 0.05) is 18.2 Å². The van der Waals surface area contributed by atoms with Gasteiger partial charge in [0.1, 0.15) is 11.6 Å². The Balaban J connectivity index is 2.98. The fourth-order valence-electron chi connectivity index (χ4n) is 2.26. The second-order valence-corrected chi connectivity index (χ2v) is 5.90. The van der Waals surface area contributed by atoms with Crippen molar-refractivity contribution < 1.29 is 13.6 Å². The van der Waals surface area contributed by atoms with Gasteiger partial charge in [0.05, 0.1) is 5.56 Å². The Bertz CT molecular complexity index is 503. The van der Waals surface area contributed by atoms with E-state index >= 15 is 0 Å². The van der Waals surface area contributed by atoms with E-state index in [1.54, 1.807) is 0 Å². The molecule has 1 atom stereocenters. The van der Waals surface area contributed by atoms with E-state index in [2.05, 4.69) is 5.32 Å². The van der Waals surface area contributed by atoms with E-state index in [9.17, 15) is 13.6 Å². The number of carbonyl (C=O) groups is 1. The van der Waals surface area contributed by atoms with Crippen LogP contribution in [-0.2, 0) is 0 Å². The molecular formula is C15H22F2N2O. The van der Waals surface area contributed by atoms with E-state index in [1.807, 2.05) is 20.8 Å². The number of amides is 1. The van der Waals surface area contributed by atoms with Gasteiger partial charge in [0.15, 0.2) is 0 Å². The first kappa shape index (κ1) is 16.6. The predicted octanol–water partition coefficient (Wildman–Crippen LogP) is 2.77. The van der Waals surface area contributed by atoms with Crippen LogP contribution in [0.2, 0.25) is 0 Å². The molecule has 1 rings (SSSR count). The number of rotatable bonds is 5. The standard InChI is InChI=1S/C15H22F2N2O/c1-9(2)7-15(4,8-18)19-14(20)11-5-10(3)12(16)6-13(11)17/h5-6,9H,7-8,18H2,1-4H3,(H,19,20). The Labute approximate surface area is 118 Å². The minimum atomic E-state index is -0.866. The van der Waals surface area contributed by atoms with Gasteiger partial charge in [-0.05, 0) is 37.8 Å². The number of nitrogens with two attached hydrogens (primary N) is 1. The number of hydrogen-bond donors (Lipinski definition) is 2. The second-order valence-electron chi connectivity index (χ2n) is 5.90. The average molecular weight is 284 g/mol. The molecule has 0 fully saturated rings. The van der Waals surface area contributed by atoms with E-state index in [4.69, 9.17) is 5.73 Å². The topological polar surface area (TPSA) is 55.1 Å². The number of halogens is 2. The van der Waals surface area contributed by atoms with Gasteiger partial charge in [-0.2, -0.15) is 0 Å². The van der Waals surface area contributed by atoms with Crippen LogP contribution in [-0.4, -0.2) is 18.0 Å². The summed E-state index contributed by atoms with van der Waals surface area (Å²) in [6.45, 7) is 7.59. The van der Waals surface area contributed by atoms with Crippen LogP contribution in [0.1, 0.15) is 43.1 Å². The maximum Gasteiger partial charge on any atom is 0.254 e. The van der Waals surface area contributed by atoms with Crippen LogP contribution >= 0.6 is 0 Å². The highest BCUT2D eigenvalue weighted by molar-refractivity contribution is 5.95. The summed E-state index contributed by atoms with van der Waals surface area (Å²) in [5.41, 5.74) is 5.17. The molecule has 0 aliphatic carbocycles. The smallest absolute Gasteiger partial charge is 0.254 e. The van der Waals surface area contributed by atoms with Crippen LogP contribution in [0.3, 0.4) is 0 Å². The number of nitrogens with one attached hydrogen (secondary N) is 1. The third-order valence-corrected chi connectivity index (χ3v) is 3.22. The summed E-state index contributed by atoms with van der Waals surface area (Å²) in [4.78, 5) is 12.2. The number of hydrogen-bond acceptors (Lipinski definition) is 2. The molecule has 3 nitrogen and oxygen atoms in total. The first-order valence-electron chi connectivity index (χ1n) is 6.67. The first-order valence-corrected chi connectivity index (χ1v) is 6.67. The summed E-state index contributed by atoms with van der Waals surface area (Å²) in [5, 5.41) is 2.75. The summed E-state index contributed by atoms with van der Waals surface area (Å²) >= 11 is 0. The molecule has 3 N–H and O–H groups in total. The molecule has 0 aromatic heterocycles. The van der Waals surface area contributed by atoms with Crippen LogP contribution in [0.15, 0.2) is 12.1 Å². The Morgan fingerprint density at radius 3 is 2.45 bits per heavy atom. The maximum atomic E-state index is 13.7. The normalized spacial score (nSPS) is 14.2. The van der Waals surface area contributed by atoms with Crippen LogP contribution in [0.5, 0.6) is 0 Å². The molecule has 1 aromatic carbocycles. The molecule has 1 unspecified atom stereocenters. The molecule has 0 aliphatic rings. The lowest BCUT2D eigenvalue weighted by atomic mass is 9.90. The van der Waals surface area contributed by atoms with Crippen molar-refractivity contribution in [2.24, 2.45) is 11.7 Å². The van der Waals surface area contributed by atoms with Gasteiger partial charge >= 0.3 is 0 Å². The van der Waals surface area contributed by atoms with E-state index in [0.717, 1.165) is 6.07 Å². The molecule has 1 amide bonds. The van der Waals surface area contributed by atoms with Crippen LogP contribution < -0.4 is 11.1 Å². The highest BCUT2D eigenvalue weighted by Crippen LogP contribution is 2.18. The molecule has 0 heterocycles. The van der Waals surface area contributed by atoms with Gasteiger partial charge in [0.2, 0.25) is 0 Å². The lowest BCUT2D eigenvalue weighted by Crippen LogP contribution is -2.52. The largest absolute Gasteiger partial charge is 0.346 e. The highest BCUT2D eigenvalue weighted by Gasteiger charge is 2.27. The Hall–Kier alpha value is -1.49. The molecule has 5 heteroatoms. The molecule has 1 aromatic rings. The Morgan fingerprint density at radius 2 is 1.95 bits per heavy atom. The molecule has 0 radical (unpaired) electrons. The van der Waals surface area contributed by atoms with Crippen molar-refractivity contribution in [3.8, 4) is 0 Å². The summed E-state index contributed by atoms with van der Waals surface area (Å²) in [7, 11) is 0. The fourth-order valence-corrected chi connectivity index (χ4v) is 2.26. The third kappa shape index (κ3) is 4.00. The van der Waals surface area contributed by atoms with Gasteiger partial charge in [-0.25, -0.2) is 8.78 Å². The molecule has 0 saturated carbocycles. The molecule has 0 saturated heterocycles. The van der Waals surface area contributed by atoms with E-state index in [0.29, 0.717) is 12.3 Å². The third-order valence-electron chi connectivity index (χ3n) is 3.22. The van der Waals surface area contributed by atoms with Crippen molar-refractivity contribution >= 4 is 5.91 Å². The van der Waals surface area contributed by atoms with Crippen LogP contribution in [0, 0.1) is 24.5 Å². The van der Waals surface area contributed by atoms with Gasteiger partial charge < -0.3 is 11.1 Å². The average Bonchev–Trinajstić information content (AvgIpc) is 2.32. The molecule has 20 heavy (non-hydrogen) atoms. The second kappa shape index (κ2) is 6.31. The van der Waals surface area contributed by atoms with Crippen molar-refractivity contribution in [3.05, 3.63) is 34.9 Å². The number of aryl methyl sites for hydroxylation is 1. The Kier molecular flexibility index (Phi) is 5.22. The Morgan fingerprint density at radius 1 is 1.35 bits per heavy atom. The van der Waals surface area contributed by atoms with Crippen molar-refractivity contribution in [3.63, 3.8) is 0 Å². The highest BCUT2D eigenvalue weighted by atomic mass is 19.1. The van der Waals surface area contributed by atoms with Crippen molar-refractivity contribution in [2.75, 3.05) is 6.54 Å². The fraction of sp³-hybridized carbons (Fsp3) is 0.533. The number of carbonyl (C=O) groups excluding carboxylic acids is 1. The molecular weight excluding hydrogens is 262 g/mol. The van der Waals surface area contributed by atoms with E-state index < -0.39 is 23.1 Å². The zero-order chi connectivity index (χ0) is 15.5. The molecule has 0 aliphatic heterocycles.